The molecule has 2 aromatic carbocycles. The van der Waals surface area contributed by atoms with Gasteiger partial charge in [0.05, 0.1) is 0 Å². The Balaban J connectivity index is 1.62. The highest BCUT2D eigenvalue weighted by Gasteiger charge is 2.45. The molecule has 8 nitrogen and oxygen atoms in total. The van der Waals surface area contributed by atoms with Gasteiger partial charge in [-0.15, -0.1) is 0 Å². The van der Waals surface area contributed by atoms with E-state index in [1.54, 1.807) is 19.9 Å². The van der Waals surface area contributed by atoms with E-state index in [9.17, 15) is 19.2 Å². The van der Waals surface area contributed by atoms with Crippen LogP contribution in [0.15, 0.2) is 42.5 Å². The lowest BCUT2D eigenvalue weighted by Gasteiger charge is -2.18. The van der Waals surface area contributed by atoms with Gasteiger partial charge in [-0.1, -0.05) is 36.4 Å². The van der Waals surface area contributed by atoms with Gasteiger partial charge >= 0.3 is 12.0 Å². The summed E-state index contributed by atoms with van der Waals surface area (Å²) in [6.07, 6.45) is -1.10. The van der Waals surface area contributed by atoms with Crippen molar-refractivity contribution in [3.8, 4) is 0 Å². The SMILES string of the molecule is C[C@H](OC(=O)CN1C(=O)NC(C)(C)C1=O)C(=O)Nc1cccc2ccccc12. The molecule has 1 atom stereocenters. The number of rotatable bonds is 5. The molecule has 28 heavy (non-hydrogen) atoms. The van der Waals surface area contributed by atoms with Crippen molar-refractivity contribution in [1.82, 2.24) is 10.2 Å². The number of esters is 1. The van der Waals surface area contributed by atoms with Gasteiger partial charge in [-0.3, -0.25) is 19.3 Å². The van der Waals surface area contributed by atoms with Crippen LogP contribution in [0.5, 0.6) is 0 Å². The summed E-state index contributed by atoms with van der Waals surface area (Å²) in [6.45, 7) is 3.95. The fraction of sp³-hybridized carbons (Fsp3) is 0.300. The largest absolute Gasteiger partial charge is 0.451 e. The molecular formula is C20H21N3O5. The number of fused-ring (bicyclic) bond motifs is 1. The zero-order chi connectivity index (χ0) is 20.5. The van der Waals surface area contributed by atoms with Gasteiger partial charge in [-0.05, 0) is 32.2 Å². The van der Waals surface area contributed by atoms with Gasteiger partial charge in [0.15, 0.2) is 6.10 Å². The van der Waals surface area contributed by atoms with Gasteiger partial charge in [0, 0.05) is 11.1 Å². The first-order chi connectivity index (χ1) is 13.2. The van der Waals surface area contributed by atoms with E-state index >= 15 is 0 Å². The Bertz CT molecular complexity index is 964. The van der Waals surface area contributed by atoms with E-state index < -0.39 is 42.0 Å². The molecule has 1 saturated heterocycles. The fourth-order valence-electron chi connectivity index (χ4n) is 2.95. The summed E-state index contributed by atoms with van der Waals surface area (Å²) in [6, 6.07) is 12.4. The van der Waals surface area contributed by atoms with E-state index in [0.717, 1.165) is 15.7 Å². The Labute approximate surface area is 161 Å². The zero-order valence-corrected chi connectivity index (χ0v) is 15.8. The second kappa shape index (κ2) is 7.30. The van der Waals surface area contributed by atoms with Crippen LogP contribution in [0, 0.1) is 0 Å². The predicted octanol–water partition coefficient (Wildman–Crippen LogP) is 2.04. The molecule has 2 aromatic rings. The van der Waals surface area contributed by atoms with Gasteiger partial charge in [-0.25, -0.2) is 4.79 Å². The van der Waals surface area contributed by atoms with Crippen LogP contribution in [0.25, 0.3) is 10.8 Å². The molecule has 4 amide bonds. The summed E-state index contributed by atoms with van der Waals surface area (Å²) in [7, 11) is 0. The lowest BCUT2D eigenvalue weighted by Crippen LogP contribution is -2.42. The number of anilines is 1. The van der Waals surface area contributed by atoms with Gasteiger partial charge in [0.25, 0.3) is 11.8 Å². The molecule has 1 heterocycles. The van der Waals surface area contributed by atoms with Crippen molar-refractivity contribution in [3.63, 3.8) is 0 Å². The lowest BCUT2D eigenvalue weighted by molar-refractivity contribution is -0.155. The molecule has 0 spiro atoms. The van der Waals surface area contributed by atoms with Crippen LogP contribution in [-0.2, 0) is 19.1 Å². The molecule has 1 aliphatic rings. The molecule has 0 aliphatic carbocycles. The maximum atomic E-state index is 12.4. The molecule has 3 rings (SSSR count). The number of ether oxygens (including phenoxy) is 1. The van der Waals surface area contributed by atoms with Crippen LogP contribution in [0.1, 0.15) is 20.8 Å². The van der Waals surface area contributed by atoms with Crippen molar-refractivity contribution in [1.29, 1.82) is 0 Å². The van der Waals surface area contributed by atoms with Crippen LogP contribution in [0.4, 0.5) is 10.5 Å². The highest BCUT2D eigenvalue weighted by molar-refractivity contribution is 6.08. The number of carbonyl (C=O) groups is 4. The summed E-state index contributed by atoms with van der Waals surface area (Å²) in [5.41, 5.74) is -0.476. The van der Waals surface area contributed by atoms with Crippen molar-refractivity contribution >= 4 is 40.3 Å². The minimum Gasteiger partial charge on any atom is -0.451 e. The summed E-state index contributed by atoms with van der Waals surface area (Å²) >= 11 is 0. The average Bonchev–Trinajstić information content (AvgIpc) is 2.83. The van der Waals surface area contributed by atoms with Gasteiger partial charge in [-0.2, -0.15) is 0 Å². The van der Waals surface area contributed by atoms with Crippen LogP contribution in [-0.4, -0.2) is 46.9 Å². The molecular weight excluding hydrogens is 362 g/mol. The van der Waals surface area contributed by atoms with Crippen molar-refractivity contribution in [2.45, 2.75) is 32.4 Å². The molecule has 1 fully saturated rings. The van der Waals surface area contributed by atoms with E-state index in [0.29, 0.717) is 5.69 Å². The fourth-order valence-corrected chi connectivity index (χ4v) is 2.95. The molecule has 0 radical (unpaired) electrons. The standard InChI is InChI=1S/C20H21N3O5/c1-12(28-16(24)11-23-18(26)20(2,3)22-19(23)27)17(25)21-15-10-6-8-13-7-4-5-9-14(13)15/h4-10,12H,11H2,1-3H3,(H,21,25)(H,22,27)/t12-/m0/s1. The Morgan fingerprint density at radius 1 is 1.14 bits per heavy atom. The first kappa shape index (κ1) is 19.3. The number of hydrogen-bond donors (Lipinski definition) is 2. The minimum atomic E-state index is -1.10. The van der Waals surface area contributed by atoms with Gasteiger partial charge < -0.3 is 15.4 Å². The molecule has 0 bridgehead atoms. The highest BCUT2D eigenvalue weighted by atomic mass is 16.5. The Hall–Kier alpha value is -3.42. The summed E-state index contributed by atoms with van der Waals surface area (Å²) in [5, 5.41) is 7.04. The smallest absolute Gasteiger partial charge is 0.327 e. The number of amides is 4. The van der Waals surface area contributed by atoms with E-state index in [1.807, 2.05) is 36.4 Å². The van der Waals surface area contributed by atoms with E-state index in [-0.39, 0.29) is 0 Å². The highest BCUT2D eigenvalue weighted by Crippen LogP contribution is 2.23. The number of nitrogens with zero attached hydrogens (tertiary/aromatic N) is 1. The van der Waals surface area contributed by atoms with E-state index in [4.69, 9.17) is 4.74 Å². The molecule has 0 saturated carbocycles. The lowest BCUT2D eigenvalue weighted by atomic mass is 10.1. The number of urea groups is 1. The van der Waals surface area contributed by atoms with Crippen LogP contribution >= 0.6 is 0 Å². The molecule has 1 aliphatic heterocycles. The number of nitrogens with one attached hydrogen (secondary N) is 2. The second-order valence-corrected chi connectivity index (χ2v) is 7.09. The third-order valence-electron chi connectivity index (χ3n) is 4.46. The number of carbonyl (C=O) groups excluding carboxylic acids is 4. The van der Waals surface area contributed by atoms with Crippen molar-refractivity contribution in [3.05, 3.63) is 42.5 Å². The third-order valence-corrected chi connectivity index (χ3v) is 4.46. The first-order valence-electron chi connectivity index (χ1n) is 8.81. The maximum absolute atomic E-state index is 12.4. The molecule has 0 unspecified atom stereocenters. The molecule has 0 aromatic heterocycles. The Morgan fingerprint density at radius 2 is 1.82 bits per heavy atom. The van der Waals surface area contributed by atoms with Crippen molar-refractivity contribution < 1.29 is 23.9 Å². The van der Waals surface area contributed by atoms with Crippen LogP contribution in [0.2, 0.25) is 0 Å². The maximum Gasteiger partial charge on any atom is 0.327 e. The Kier molecular flexibility index (Phi) is 5.04. The minimum absolute atomic E-state index is 0.512. The zero-order valence-electron chi connectivity index (χ0n) is 15.8. The predicted molar refractivity (Wildman–Crippen MR) is 102 cm³/mol. The Morgan fingerprint density at radius 3 is 2.50 bits per heavy atom. The van der Waals surface area contributed by atoms with E-state index in [1.165, 1.54) is 6.92 Å². The number of benzene rings is 2. The number of imide groups is 1. The summed E-state index contributed by atoms with van der Waals surface area (Å²) in [4.78, 5) is 49.2. The van der Waals surface area contributed by atoms with Crippen LogP contribution in [0.3, 0.4) is 0 Å². The average molecular weight is 383 g/mol. The summed E-state index contributed by atoms with van der Waals surface area (Å²) in [5.74, 6) is -1.88. The second-order valence-electron chi connectivity index (χ2n) is 7.09. The quantitative estimate of drug-likeness (QED) is 0.607. The van der Waals surface area contributed by atoms with Crippen LogP contribution < -0.4 is 10.6 Å². The third kappa shape index (κ3) is 3.80. The van der Waals surface area contributed by atoms with Crippen molar-refractivity contribution in [2.75, 3.05) is 11.9 Å². The number of hydrogen-bond acceptors (Lipinski definition) is 5. The summed E-state index contributed by atoms with van der Waals surface area (Å²) < 4.78 is 5.10. The topological polar surface area (TPSA) is 105 Å². The normalized spacial score (nSPS) is 16.6. The van der Waals surface area contributed by atoms with Gasteiger partial charge in [0.1, 0.15) is 12.1 Å². The molecule has 146 valence electrons. The first-order valence-corrected chi connectivity index (χ1v) is 8.81. The van der Waals surface area contributed by atoms with Crippen molar-refractivity contribution in [2.24, 2.45) is 0 Å². The molecule has 8 heteroatoms. The molecule has 2 N–H and O–H groups in total. The van der Waals surface area contributed by atoms with Gasteiger partial charge in [0.2, 0.25) is 0 Å². The van der Waals surface area contributed by atoms with E-state index in [2.05, 4.69) is 10.6 Å². The monoisotopic (exact) mass is 383 g/mol.